The van der Waals surface area contributed by atoms with E-state index >= 15 is 0 Å². The molecule has 0 radical (unpaired) electrons. The number of nitrogens with one attached hydrogen (secondary N) is 2. The molecule has 100 valence electrons. The summed E-state index contributed by atoms with van der Waals surface area (Å²) in [6, 6.07) is 3.95. The molecule has 0 spiro atoms. The highest BCUT2D eigenvalue weighted by molar-refractivity contribution is 6.33. The van der Waals surface area contributed by atoms with Crippen molar-refractivity contribution in [3.8, 4) is 5.75 Å². The normalized spacial score (nSPS) is 10.1. The van der Waals surface area contributed by atoms with Crippen LogP contribution in [0.1, 0.15) is 0 Å². The van der Waals surface area contributed by atoms with Gasteiger partial charge in [-0.25, -0.2) is 20.2 Å². The molecular formula is C11H11ClFN5O. The van der Waals surface area contributed by atoms with Crippen LogP contribution in [0.25, 0.3) is 0 Å². The molecule has 0 saturated carbocycles. The van der Waals surface area contributed by atoms with Gasteiger partial charge in [-0.2, -0.15) is 0 Å². The molecule has 0 aliphatic carbocycles. The van der Waals surface area contributed by atoms with E-state index in [4.69, 9.17) is 22.2 Å². The van der Waals surface area contributed by atoms with Gasteiger partial charge in [0.25, 0.3) is 0 Å². The van der Waals surface area contributed by atoms with E-state index in [-0.39, 0.29) is 0 Å². The van der Waals surface area contributed by atoms with Crippen molar-refractivity contribution in [2.24, 2.45) is 5.84 Å². The number of benzene rings is 1. The Morgan fingerprint density at radius 3 is 2.74 bits per heavy atom. The number of nitrogens with two attached hydrogens (primary N) is 1. The zero-order chi connectivity index (χ0) is 13.8. The molecule has 19 heavy (non-hydrogen) atoms. The molecule has 8 heteroatoms. The fourth-order valence-electron chi connectivity index (χ4n) is 1.48. The van der Waals surface area contributed by atoms with Gasteiger partial charge in [-0.15, -0.1) is 0 Å². The van der Waals surface area contributed by atoms with Gasteiger partial charge in [0, 0.05) is 0 Å². The monoisotopic (exact) mass is 283 g/mol. The molecule has 2 rings (SSSR count). The van der Waals surface area contributed by atoms with Crippen molar-refractivity contribution in [2.75, 3.05) is 17.9 Å². The number of nitrogens with zero attached hydrogens (tertiary/aromatic N) is 2. The van der Waals surface area contributed by atoms with Crippen molar-refractivity contribution in [3.63, 3.8) is 0 Å². The van der Waals surface area contributed by atoms with Crippen LogP contribution in [0.4, 0.5) is 21.7 Å². The Hall–Kier alpha value is -2.12. The third-order valence-corrected chi connectivity index (χ3v) is 2.66. The summed E-state index contributed by atoms with van der Waals surface area (Å²) in [5, 5.41) is 3.21. The van der Waals surface area contributed by atoms with Crippen LogP contribution in [0.5, 0.6) is 5.75 Å². The van der Waals surface area contributed by atoms with E-state index in [1.165, 1.54) is 31.6 Å². The van der Waals surface area contributed by atoms with Gasteiger partial charge in [0.1, 0.15) is 12.1 Å². The van der Waals surface area contributed by atoms with Gasteiger partial charge < -0.3 is 15.5 Å². The average Bonchev–Trinajstić information content (AvgIpc) is 2.42. The third-order valence-electron chi connectivity index (χ3n) is 2.33. The first-order valence-corrected chi connectivity index (χ1v) is 5.61. The molecule has 0 bridgehead atoms. The molecule has 0 saturated heterocycles. The summed E-state index contributed by atoms with van der Waals surface area (Å²) >= 11 is 5.96. The Kier molecular flexibility index (Phi) is 3.98. The Balaban J connectivity index is 2.40. The maximum absolute atomic E-state index is 13.2. The van der Waals surface area contributed by atoms with Crippen molar-refractivity contribution < 1.29 is 9.13 Å². The second kappa shape index (κ2) is 5.68. The molecule has 0 aliphatic rings. The number of anilines is 3. The Labute approximate surface area is 113 Å². The Bertz CT molecular complexity index is 595. The largest absolute Gasteiger partial charge is 0.490 e. The molecule has 0 aliphatic heterocycles. The second-order valence-electron chi connectivity index (χ2n) is 3.50. The molecular weight excluding hydrogens is 273 g/mol. The van der Waals surface area contributed by atoms with Crippen LogP contribution in [0, 0.1) is 5.82 Å². The van der Waals surface area contributed by atoms with E-state index in [1.807, 2.05) is 0 Å². The van der Waals surface area contributed by atoms with Crippen molar-refractivity contribution in [1.29, 1.82) is 0 Å². The molecule has 6 nitrogen and oxygen atoms in total. The van der Waals surface area contributed by atoms with Gasteiger partial charge in [-0.3, -0.25) is 0 Å². The highest BCUT2D eigenvalue weighted by Gasteiger charge is 2.13. The van der Waals surface area contributed by atoms with Gasteiger partial charge in [0.15, 0.2) is 11.6 Å². The number of ether oxygens (including phenoxy) is 1. The molecule has 0 fully saturated rings. The summed E-state index contributed by atoms with van der Waals surface area (Å²) in [5.41, 5.74) is 2.74. The zero-order valence-electron chi connectivity index (χ0n) is 9.95. The summed E-state index contributed by atoms with van der Waals surface area (Å²) in [6.07, 6.45) is 1.28. The molecule has 2 aromatic rings. The fourth-order valence-corrected chi connectivity index (χ4v) is 1.64. The fraction of sp³-hybridized carbons (Fsp3) is 0.0909. The minimum Gasteiger partial charge on any atom is -0.490 e. The lowest BCUT2D eigenvalue weighted by Crippen LogP contribution is -2.11. The molecule has 1 aromatic carbocycles. The first-order valence-electron chi connectivity index (χ1n) is 5.23. The van der Waals surface area contributed by atoms with Crippen LogP contribution in [-0.4, -0.2) is 17.1 Å². The highest BCUT2D eigenvalue weighted by Crippen LogP contribution is 2.33. The molecule has 1 heterocycles. The molecule has 0 amide bonds. The lowest BCUT2D eigenvalue weighted by Gasteiger charge is -2.13. The number of hydrogen-bond acceptors (Lipinski definition) is 6. The van der Waals surface area contributed by atoms with Crippen LogP contribution in [0.3, 0.4) is 0 Å². The van der Waals surface area contributed by atoms with Gasteiger partial charge >= 0.3 is 0 Å². The summed E-state index contributed by atoms with van der Waals surface area (Å²) < 4.78 is 18.3. The minimum atomic E-state index is -0.419. The summed E-state index contributed by atoms with van der Waals surface area (Å²) in [7, 11) is 1.44. The third kappa shape index (κ3) is 2.83. The van der Waals surface area contributed by atoms with Crippen LogP contribution < -0.4 is 21.3 Å². The van der Waals surface area contributed by atoms with Crippen LogP contribution in [0.2, 0.25) is 5.02 Å². The number of hydrazine groups is 1. The first-order chi connectivity index (χ1) is 9.15. The predicted octanol–water partition coefficient (Wildman–Crippen LogP) is 2.31. The van der Waals surface area contributed by atoms with Gasteiger partial charge in [0.2, 0.25) is 5.75 Å². The van der Waals surface area contributed by atoms with E-state index in [1.54, 1.807) is 0 Å². The Morgan fingerprint density at radius 2 is 2.05 bits per heavy atom. The van der Waals surface area contributed by atoms with E-state index in [9.17, 15) is 4.39 Å². The smallest absolute Gasteiger partial charge is 0.205 e. The van der Waals surface area contributed by atoms with E-state index in [0.29, 0.717) is 28.1 Å². The SMILES string of the molecule is COc1c(NN)ncnc1Nc1cc(F)ccc1Cl. The topological polar surface area (TPSA) is 85.1 Å². The van der Waals surface area contributed by atoms with Crippen molar-refractivity contribution in [1.82, 2.24) is 9.97 Å². The molecule has 1 aromatic heterocycles. The van der Waals surface area contributed by atoms with Crippen molar-refractivity contribution >= 4 is 28.9 Å². The van der Waals surface area contributed by atoms with Gasteiger partial charge in [-0.1, -0.05) is 11.6 Å². The number of hydrogen-bond donors (Lipinski definition) is 3. The molecule has 0 atom stereocenters. The van der Waals surface area contributed by atoms with Crippen LogP contribution >= 0.6 is 11.6 Å². The minimum absolute atomic E-state index is 0.297. The van der Waals surface area contributed by atoms with Gasteiger partial charge in [0.05, 0.1) is 17.8 Å². The van der Waals surface area contributed by atoms with Crippen molar-refractivity contribution in [3.05, 3.63) is 35.4 Å². The van der Waals surface area contributed by atoms with E-state index < -0.39 is 5.82 Å². The zero-order valence-corrected chi connectivity index (χ0v) is 10.7. The first kappa shape index (κ1) is 13.3. The number of nitrogen functional groups attached to an aromatic ring is 1. The quantitative estimate of drug-likeness (QED) is 0.590. The summed E-state index contributed by atoms with van der Waals surface area (Å²) in [6.45, 7) is 0. The number of halogens is 2. The Morgan fingerprint density at radius 1 is 1.32 bits per heavy atom. The lowest BCUT2D eigenvalue weighted by atomic mass is 10.3. The number of methoxy groups -OCH3 is 1. The maximum Gasteiger partial charge on any atom is 0.205 e. The maximum atomic E-state index is 13.2. The highest BCUT2D eigenvalue weighted by atomic mass is 35.5. The van der Waals surface area contributed by atoms with Gasteiger partial charge in [-0.05, 0) is 18.2 Å². The number of aromatic nitrogens is 2. The van der Waals surface area contributed by atoms with Crippen LogP contribution in [0.15, 0.2) is 24.5 Å². The predicted molar refractivity (Wildman–Crippen MR) is 71.1 cm³/mol. The van der Waals surface area contributed by atoms with Crippen molar-refractivity contribution in [2.45, 2.75) is 0 Å². The molecule has 4 N–H and O–H groups in total. The molecule has 0 unspecified atom stereocenters. The average molecular weight is 284 g/mol. The summed E-state index contributed by atoms with van der Waals surface area (Å²) in [5.74, 6) is 5.80. The second-order valence-corrected chi connectivity index (χ2v) is 3.90. The lowest BCUT2D eigenvalue weighted by molar-refractivity contribution is 0.415. The van der Waals surface area contributed by atoms with Crippen LogP contribution in [-0.2, 0) is 0 Å². The van der Waals surface area contributed by atoms with E-state index in [0.717, 1.165) is 0 Å². The standard InChI is InChI=1S/C11H11ClFN5O/c1-19-9-10(15-5-16-11(9)18-14)17-8-4-6(13)2-3-7(8)12/h2-5H,14H2,1H3,(H2,15,16,17,18). The number of rotatable bonds is 4. The summed E-state index contributed by atoms with van der Waals surface area (Å²) in [4.78, 5) is 7.89. The van der Waals surface area contributed by atoms with E-state index in [2.05, 4.69) is 20.7 Å².